The number of aliphatic carboxylic acids is 1. The zero-order valence-corrected chi connectivity index (χ0v) is 9.04. The van der Waals surface area contributed by atoms with Gasteiger partial charge in [-0.05, 0) is 18.3 Å². The van der Waals surface area contributed by atoms with Crippen LogP contribution in [0.25, 0.3) is 0 Å². The van der Waals surface area contributed by atoms with Gasteiger partial charge in [-0.1, -0.05) is 20.8 Å². The Morgan fingerprint density at radius 3 is 2.14 bits per heavy atom. The zero-order chi connectivity index (χ0) is 11.4. The molecule has 82 valence electrons. The van der Waals surface area contributed by atoms with Gasteiger partial charge in [-0.3, -0.25) is 9.59 Å². The number of amides is 1. The van der Waals surface area contributed by atoms with Crippen molar-refractivity contribution in [3.63, 3.8) is 0 Å². The molecule has 0 saturated carbocycles. The van der Waals surface area contributed by atoms with E-state index < -0.39 is 11.9 Å². The molecule has 0 bridgehead atoms. The number of carbonyl (C=O) groups is 2. The van der Waals surface area contributed by atoms with E-state index >= 15 is 0 Å². The van der Waals surface area contributed by atoms with E-state index in [1.165, 1.54) is 0 Å². The SMILES string of the molecule is CC(C)(C)CC(CCC(=O)O)C(N)=O. The quantitative estimate of drug-likeness (QED) is 0.705. The number of carboxylic acid groups (broad SMARTS) is 1. The van der Waals surface area contributed by atoms with E-state index in [0.29, 0.717) is 12.8 Å². The fourth-order valence-electron chi connectivity index (χ4n) is 1.38. The monoisotopic (exact) mass is 201 g/mol. The Kier molecular flexibility index (Phi) is 4.60. The maximum atomic E-state index is 11.0. The molecule has 3 N–H and O–H groups in total. The minimum Gasteiger partial charge on any atom is -0.481 e. The molecule has 0 aromatic carbocycles. The van der Waals surface area contributed by atoms with Crippen molar-refractivity contribution in [3.8, 4) is 0 Å². The summed E-state index contributed by atoms with van der Waals surface area (Å²) < 4.78 is 0. The lowest BCUT2D eigenvalue weighted by molar-refractivity contribution is -0.137. The van der Waals surface area contributed by atoms with Crippen LogP contribution >= 0.6 is 0 Å². The van der Waals surface area contributed by atoms with E-state index in [9.17, 15) is 9.59 Å². The van der Waals surface area contributed by atoms with Crippen LogP contribution in [0.5, 0.6) is 0 Å². The fourth-order valence-corrected chi connectivity index (χ4v) is 1.38. The summed E-state index contributed by atoms with van der Waals surface area (Å²) in [5.74, 6) is -1.61. The van der Waals surface area contributed by atoms with Gasteiger partial charge in [0, 0.05) is 12.3 Å². The Labute approximate surface area is 84.5 Å². The molecular weight excluding hydrogens is 182 g/mol. The van der Waals surface area contributed by atoms with E-state index in [-0.39, 0.29) is 17.8 Å². The molecule has 0 aliphatic carbocycles. The molecule has 0 saturated heterocycles. The number of hydrogen-bond acceptors (Lipinski definition) is 2. The van der Waals surface area contributed by atoms with Crippen molar-refractivity contribution in [1.82, 2.24) is 0 Å². The van der Waals surface area contributed by atoms with Gasteiger partial charge in [-0.25, -0.2) is 0 Å². The van der Waals surface area contributed by atoms with Gasteiger partial charge in [0.2, 0.25) is 5.91 Å². The van der Waals surface area contributed by atoms with Crippen LogP contribution < -0.4 is 5.73 Å². The van der Waals surface area contributed by atoms with Gasteiger partial charge in [-0.15, -0.1) is 0 Å². The Hall–Kier alpha value is -1.06. The summed E-state index contributed by atoms with van der Waals surface area (Å²) in [5.41, 5.74) is 5.20. The van der Waals surface area contributed by atoms with Crippen LogP contribution in [0.4, 0.5) is 0 Å². The van der Waals surface area contributed by atoms with Crippen LogP contribution in [0.15, 0.2) is 0 Å². The number of primary amides is 1. The predicted molar refractivity (Wildman–Crippen MR) is 53.6 cm³/mol. The predicted octanol–water partition coefficient (Wildman–Crippen LogP) is 1.39. The highest BCUT2D eigenvalue weighted by Gasteiger charge is 2.23. The lowest BCUT2D eigenvalue weighted by Crippen LogP contribution is -2.27. The lowest BCUT2D eigenvalue weighted by Gasteiger charge is -2.23. The first kappa shape index (κ1) is 12.9. The Balaban J connectivity index is 4.17. The largest absolute Gasteiger partial charge is 0.481 e. The average molecular weight is 201 g/mol. The molecule has 1 amide bonds. The minimum absolute atomic E-state index is 0.00179. The van der Waals surface area contributed by atoms with Crippen molar-refractivity contribution in [1.29, 1.82) is 0 Å². The van der Waals surface area contributed by atoms with E-state index in [2.05, 4.69) is 0 Å². The highest BCUT2D eigenvalue weighted by atomic mass is 16.4. The smallest absolute Gasteiger partial charge is 0.303 e. The van der Waals surface area contributed by atoms with Gasteiger partial charge >= 0.3 is 5.97 Å². The van der Waals surface area contributed by atoms with Gasteiger partial charge in [0.25, 0.3) is 0 Å². The van der Waals surface area contributed by atoms with Crippen LogP contribution in [-0.2, 0) is 9.59 Å². The molecule has 0 aromatic rings. The highest BCUT2D eigenvalue weighted by Crippen LogP contribution is 2.26. The minimum atomic E-state index is -0.884. The molecule has 1 unspecified atom stereocenters. The van der Waals surface area contributed by atoms with E-state index in [1.807, 2.05) is 20.8 Å². The Morgan fingerprint density at radius 1 is 1.36 bits per heavy atom. The van der Waals surface area contributed by atoms with E-state index in [0.717, 1.165) is 0 Å². The highest BCUT2D eigenvalue weighted by molar-refractivity contribution is 5.77. The van der Waals surface area contributed by atoms with Crippen molar-refractivity contribution in [2.75, 3.05) is 0 Å². The Bertz CT molecular complexity index is 218. The molecule has 0 aromatic heterocycles. The molecule has 0 aliphatic rings. The number of hydrogen-bond donors (Lipinski definition) is 2. The zero-order valence-electron chi connectivity index (χ0n) is 9.04. The first-order valence-corrected chi connectivity index (χ1v) is 4.73. The number of carbonyl (C=O) groups excluding carboxylic acids is 1. The molecule has 4 heteroatoms. The van der Waals surface area contributed by atoms with Gasteiger partial charge < -0.3 is 10.8 Å². The molecule has 0 heterocycles. The molecule has 0 spiro atoms. The second-order valence-corrected chi connectivity index (χ2v) is 4.80. The van der Waals surface area contributed by atoms with Crippen molar-refractivity contribution in [3.05, 3.63) is 0 Å². The summed E-state index contributed by atoms with van der Waals surface area (Å²) in [5, 5.41) is 8.49. The molecule has 0 rings (SSSR count). The third-order valence-electron chi connectivity index (χ3n) is 1.97. The van der Waals surface area contributed by atoms with Crippen molar-refractivity contribution in [2.45, 2.75) is 40.0 Å². The topological polar surface area (TPSA) is 80.4 Å². The lowest BCUT2D eigenvalue weighted by atomic mass is 9.82. The van der Waals surface area contributed by atoms with Gasteiger partial charge in [0.1, 0.15) is 0 Å². The standard InChI is InChI=1S/C10H19NO3/c1-10(2,3)6-7(9(11)14)4-5-8(12)13/h7H,4-6H2,1-3H3,(H2,11,14)(H,12,13). The normalized spacial score (nSPS) is 13.6. The number of nitrogens with two attached hydrogens (primary N) is 1. The molecule has 14 heavy (non-hydrogen) atoms. The Morgan fingerprint density at radius 2 is 1.86 bits per heavy atom. The van der Waals surface area contributed by atoms with Crippen molar-refractivity contribution < 1.29 is 14.7 Å². The van der Waals surface area contributed by atoms with Gasteiger partial charge in [0.05, 0.1) is 0 Å². The van der Waals surface area contributed by atoms with Crippen LogP contribution in [0, 0.1) is 11.3 Å². The average Bonchev–Trinajstić information content (AvgIpc) is 1.94. The van der Waals surface area contributed by atoms with Crippen molar-refractivity contribution in [2.24, 2.45) is 17.1 Å². The first-order valence-electron chi connectivity index (χ1n) is 4.73. The first-order chi connectivity index (χ1) is 6.22. The summed E-state index contributed by atoms with van der Waals surface area (Å²) in [6.45, 7) is 6.01. The second-order valence-electron chi connectivity index (χ2n) is 4.80. The summed E-state index contributed by atoms with van der Waals surface area (Å²) in [4.78, 5) is 21.4. The van der Waals surface area contributed by atoms with Crippen LogP contribution in [-0.4, -0.2) is 17.0 Å². The maximum absolute atomic E-state index is 11.0. The molecule has 0 fully saturated rings. The molecule has 1 atom stereocenters. The van der Waals surface area contributed by atoms with Crippen molar-refractivity contribution >= 4 is 11.9 Å². The van der Waals surface area contributed by atoms with Gasteiger partial charge in [0.15, 0.2) is 0 Å². The summed E-state index contributed by atoms with van der Waals surface area (Å²) in [6, 6.07) is 0. The van der Waals surface area contributed by atoms with Gasteiger partial charge in [-0.2, -0.15) is 0 Å². The summed E-state index contributed by atoms with van der Waals surface area (Å²) in [7, 11) is 0. The van der Waals surface area contributed by atoms with Crippen LogP contribution in [0.2, 0.25) is 0 Å². The van der Waals surface area contributed by atoms with E-state index in [1.54, 1.807) is 0 Å². The third kappa shape index (κ3) is 6.46. The molecule has 4 nitrogen and oxygen atoms in total. The summed E-state index contributed by atoms with van der Waals surface area (Å²) in [6.07, 6.45) is 0.973. The summed E-state index contributed by atoms with van der Waals surface area (Å²) >= 11 is 0. The van der Waals surface area contributed by atoms with E-state index in [4.69, 9.17) is 10.8 Å². The maximum Gasteiger partial charge on any atom is 0.303 e. The molecule has 0 aliphatic heterocycles. The second kappa shape index (κ2) is 4.98. The van der Waals surface area contributed by atoms with Crippen LogP contribution in [0.1, 0.15) is 40.0 Å². The van der Waals surface area contributed by atoms with Crippen LogP contribution in [0.3, 0.4) is 0 Å². The molecule has 0 radical (unpaired) electrons. The fraction of sp³-hybridized carbons (Fsp3) is 0.800. The number of carboxylic acids is 1. The number of rotatable bonds is 5. The third-order valence-corrected chi connectivity index (χ3v) is 1.97. The molecular formula is C10H19NO3.